The summed E-state index contributed by atoms with van der Waals surface area (Å²) >= 11 is 0. The lowest BCUT2D eigenvalue weighted by Gasteiger charge is -2.36. The van der Waals surface area contributed by atoms with Crippen LogP contribution in [0.3, 0.4) is 0 Å². The number of benzene rings is 1. The van der Waals surface area contributed by atoms with Gasteiger partial charge in [-0.1, -0.05) is 6.07 Å². The second-order valence-electron chi connectivity index (χ2n) is 10.6. The molecule has 0 radical (unpaired) electrons. The van der Waals surface area contributed by atoms with Gasteiger partial charge in [-0.25, -0.2) is 22.9 Å². The Hall–Kier alpha value is -4.41. The highest BCUT2D eigenvalue weighted by atomic mass is 19.3. The van der Waals surface area contributed by atoms with Crippen molar-refractivity contribution < 1.29 is 27.6 Å². The number of amides is 2. The summed E-state index contributed by atoms with van der Waals surface area (Å²) in [6, 6.07) is 7.59. The fourth-order valence-corrected chi connectivity index (χ4v) is 6.27. The number of halogens is 3. The van der Waals surface area contributed by atoms with Crippen molar-refractivity contribution in [3.63, 3.8) is 0 Å². The largest absolute Gasteiger partial charge is 0.345 e. The van der Waals surface area contributed by atoms with Gasteiger partial charge >= 0.3 is 6.03 Å². The van der Waals surface area contributed by atoms with Gasteiger partial charge in [-0.15, -0.1) is 0 Å². The van der Waals surface area contributed by atoms with E-state index in [-0.39, 0.29) is 61.6 Å². The zero-order chi connectivity index (χ0) is 27.8. The summed E-state index contributed by atoms with van der Waals surface area (Å²) < 4.78 is 46.7. The summed E-state index contributed by atoms with van der Waals surface area (Å²) in [4.78, 5) is 46.6. The monoisotopic (exact) mass is 547 g/mol. The molecule has 2 aliphatic heterocycles. The average Bonchev–Trinajstić information content (AvgIpc) is 3.53. The summed E-state index contributed by atoms with van der Waals surface area (Å²) in [6.07, 6.45) is 4.74. The molecular formula is C29H24F3N5O3. The van der Waals surface area contributed by atoms with Gasteiger partial charge in [-0.2, -0.15) is 0 Å². The molecule has 4 aromatic rings. The zero-order valence-electron chi connectivity index (χ0n) is 21.4. The third kappa shape index (κ3) is 3.82. The van der Waals surface area contributed by atoms with Gasteiger partial charge < -0.3 is 14.4 Å². The van der Waals surface area contributed by atoms with Gasteiger partial charge in [-0.05, 0) is 36.2 Å². The van der Waals surface area contributed by atoms with Crippen molar-refractivity contribution in [1.29, 1.82) is 0 Å². The summed E-state index contributed by atoms with van der Waals surface area (Å²) in [5, 5.41) is 0.457. The molecular weight excluding hydrogens is 523 g/mol. The van der Waals surface area contributed by atoms with Crippen LogP contribution in [0, 0.1) is 5.82 Å². The molecule has 3 aliphatic rings. The van der Waals surface area contributed by atoms with Crippen molar-refractivity contribution in [2.45, 2.75) is 38.3 Å². The molecule has 0 N–H and O–H groups in total. The average molecular weight is 548 g/mol. The van der Waals surface area contributed by atoms with E-state index in [9.17, 15) is 23.2 Å². The smallest absolute Gasteiger partial charge is 0.320 e. The molecule has 0 saturated carbocycles. The number of hydrogen-bond donors (Lipinski definition) is 0. The van der Waals surface area contributed by atoms with E-state index in [0.29, 0.717) is 39.9 Å². The van der Waals surface area contributed by atoms with Crippen LogP contribution in [0.25, 0.3) is 27.7 Å². The predicted octanol–water partition coefficient (Wildman–Crippen LogP) is 4.55. The Labute approximate surface area is 226 Å². The maximum Gasteiger partial charge on any atom is 0.320 e. The van der Waals surface area contributed by atoms with Gasteiger partial charge in [-0.3, -0.25) is 14.0 Å². The summed E-state index contributed by atoms with van der Waals surface area (Å²) in [5.74, 6) is -4.17. The molecule has 40 heavy (non-hydrogen) atoms. The number of allylic oxidation sites excluding steroid dienone is 2. The SMILES string of the molecule is O=C1CC(=O)C(c2cnc3ccccn23)=C1c1cn2c3c(cc(F)cc13)CN(C(=O)N1CCCC(F)(F)C1)CC2. The number of fused-ring (bicyclic) bond motifs is 1. The number of alkyl halides is 2. The van der Waals surface area contributed by atoms with E-state index in [0.717, 1.165) is 0 Å². The van der Waals surface area contributed by atoms with E-state index in [1.807, 2.05) is 10.6 Å². The van der Waals surface area contributed by atoms with Crippen molar-refractivity contribution >= 4 is 45.3 Å². The number of ketones is 2. The Balaban J connectivity index is 1.34. The molecule has 0 spiro atoms. The van der Waals surface area contributed by atoms with Gasteiger partial charge in [0.1, 0.15) is 11.5 Å². The number of aromatic nitrogens is 3. The number of rotatable bonds is 2. The topological polar surface area (TPSA) is 79.9 Å². The number of nitrogens with zero attached hydrogens (tertiary/aromatic N) is 5. The number of pyridine rings is 1. The maximum absolute atomic E-state index is 15.0. The van der Waals surface area contributed by atoms with Crippen LogP contribution in [-0.4, -0.2) is 66.9 Å². The maximum atomic E-state index is 15.0. The molecule has 0 bridgehead atoms. The second-order valence-corrected chi connectivity index (χ2v) is 10.6. The molecule has 0 unspecified atom stereocenters. The van der Waals surface area contributed by atoms with Gasteiger partial charge in [0.05, 0.1) is 35.9 Å². The summed E-state index contributed by atoms with van der Waals surface area (Å²) in [7, 11) is 0. The Kier molecular flexibility index (Phi) is 5.42. The lowest BCUT2D eigenvalue weighted by Crippen LogP contribution is -2.51. The molecule has 2 amide bonds. The standard InChI is InChI=1S/C29H24F3N5O3/c30-18-10-17-14-35(28(40)36-6-3-5-29(31,32)16-36)9-8-34-15-20(19(11-18)27(17)34)25-22(38)12-23(39)26(25)21-13-33-24-4-1-2-7-37(21)24/h1-2,4,7,10-11,13,15H,3,5-6,8-9,12,14,16H2. The van der Waals surface area contributed by atoms with Crippen LogP contribution in [-0.2, 0) is 22.7 Å². The van der Waals surface area contributed by atoms with Gasteiger partial charge in [0, 0.05) is 61.5 Å². The molecule has 8 nitrogen and oxygen atoms in total. The number of piperidine rings is 1. The molecule has 1 aliphatic carbocycles. The Morgan fingerprint density at radius 1 is 1.00 bits per heavy atom. The van der Waals surface area contributed by atoms with Crippen LogP contribution in [0.2, 0.25) is 0 Å². The van der Waals surface area contributed by atoms with Crippen molar-refractivity contribution in [3.05, 3.63) is 71.6 Å². The molecule has 3 aromatic heterocycles. The van der Waals surface area contributed by atoms with Gasteiger partial charge in [0.25, 0.3) is 5.92 Å². The molecule has 1 aromatic carbocycles. The van der Waals surface area contributed by atoms with E-state index >= 15 is 4.39 Å². The first-order chi connectivity index (χ1) is 19.2. The van der Waals surface area contributed by atoms with Gasteiger partial charge in [0.15, 0.2) is 11.6 Å². The summed E-state index contributed by atoms with van der Waals surface area (Å²) in [6.45, 7) is 0.173. The number of Topliss-reactive ketones (excluding diaryl/α,β-unsaturated/α-hetero) is 2. The van der Waals surface area contributed by atoms with Gasteiger partial charge in [0.2, 0.25) is 0 Å². The van der Waals surface area contributed by atoms with Crippen molar-refractivity contribution in [3.8, 4) is 0 Å². The van der Waals surface area contributed by atoms with Crippen molar-refractivity contribution in [1.82, 2.24) is 23.8 Å². The minimum atomic E-state index is -2.93. The fourth-order valence-electron chi connectivity index (χ4n) is 6.27. The van der Waals surface area contributed by atoms with Crippen LogP contribution in [0.15, 0.2) is 48.9 Å². The molecule has 5 heterocycles. The van der Waals surface area contributed by atoms with Crippen LogP contribution < -0.4 is 0 Å². The van der Waals surface area contributed by atoms with E-state index in [1.165, 1.54) is 21.9 Å². The normalized spacial score (nSPS) is 19.3. The van der Waals surface area contributed by atoms with Crippen molar-refractivity contribution in [2.75, 3.05) is 19.6 Å². The third-order valence-electron chi connectivity index (χ3n) is 7.99. The Morgan fingerprint density at radius 3 is 2.65 bits per heavy atom. The number of urea groups is 1. The molecule has 204 valence electrons. The molecule has 7 rings (SSSR count). The highest BCUT2D eigenvalue weighted by molar-refractivity contribution is 6.51. The van der Waals surface area contributed by atoms with Crippen LogP contribution in [0.1, 0.15) is 36.1 Å². The minimum Gasteiger partial charge on any atom is -0.345 e. The summed E-state index contributed by atoms with van der Waals surface area (Å²) in [5.41, 5.74) is 3.17. The molecule has 1 fully saturated rings. The van der Waals surface area contributed by atoms with E-state index in [4.69, 9.17) is 0 Å². The molecule has 11 heteroatoms. The number of likely N-dealkylation sites (tertiary alicyclic amines) is 1. The van der Waals surface area contributed by atoms with E-state index in [1.54, 1.807) is 35.1 Å². The van der Waals surface area contributed by atoms with Crippen LogP contribution >= 0.6 is 0 Å². The Morgan fingerprint density at radius 2 is 1.82 bits per heavy atom. The number of hydrogen-bond acceptors (Lipinski definition) is 4. The highest BCUT2D eigenvalue weighted by Gasteiger charge is 2.39. The second kappa shape index (κ2) is 8.80. The number of carbonyl (C=O) groups excluding carboxylic acids is 3. The highest BCUT2D eigenvalue weighted by Crippen LogP contribution is 2.41. The lowest BCUT2D eigenvalue weighted by molar-refractivity contribution is -0.119. The quantitative estimate of drug-likeness (QED) is 0.345. The third-order valence-corrected chi connectivity index (χ3v) is 7.99. The molecule has 1 saturated heterocycles. The minimum absolute atomic E-state index is 0.0324. The predicted molar refractivity (Wildman–Crippen MR) is 140 cm³/mol. The lowest BCUT2D eigenvalue weighted by atomic mass is 9.98. The van der Waals surface area contributed by atoms with Crippen LogP contribution in [0.4, 0.5) is 18.0 Å². The number of carbonyl (C=O) groups is 3. The zero-order valence-corrected chi connectivity index (χ0v) is 21.4. The van der Waals surface area contributed by atoms with Crippen LogP contribution in [0.5, 0.6) is 0 Å². The number of imidazole rings is 1. The van der Waals surface area contributed by atoms with E-state index < -0.39 is 24.3 Å². The first-order valence-corrected chi connectivity index (χ1v) is 13.2. The van der Waals surface area contributed by atoms with Crippen molar-refractivity contribution in [2.24, 2.45) is 0 Å². The first kappa shape index (κ1) is 24.6. The van der Waals surface area contributed by atoms with E-state index in [2.05, 4.69) is 4.98 Å². The first-order valence-electron chi connectivity index (χ1n) is 13.2. The molecule has 0 atom stereocenters. The fraction of sp³-hybridized carbons (Fsp3) is 0.310. The Bertz CT molecular complexity index is 1790.